The average Bonchev–Trinajstić information content (AvgIpc) is 3.13. The van der Waals surface area contributed by atoms with Crippen LogP contribution in [0, 0.1) is 0 Å². The lowest BCUT2D eigenvalue weighted by Crippen LogP contribution is -2.11. The number of benzene rings is 3. The normalized spacial score (nSPS) is 10.4. The summed E-state index contributed by atoms with van der Waals surface area (Å²) in [6.07, 6.45) is 0. The number of nitrogens with one attached hydrogen (secondary N) is 2. The van der Waals surface area contributed by atoms with Gasteiger partial charge < -0.3 is 10.3 Å². The topological polar surface area (TPSA) is 107 Å². The molecule has 7 heteroatoms. The van der Waals surface area contributed by atoms with Crippen molar-refractivity contribution in [1.29, 1.82) is 0 Å². The summed E-state index contributed by atoms with van der Waals surface area (Å²) in [6, 6.07) is 21.7. The summed E-state index contributed by atoms with van der Waals surface area (Å²) < 4.78 is 0. The Balaban J connectivity index is 1.56. The number of carbonyl (C=O) groups excluding carboxylic acids is 1. The zero-order valence-electron chi connectivity index (χ0n) is 14.1. The third-order valence-corrected chi connectivity index (χ3v) is 4.08. The van der Waals surface area contributed by atoms with E-state index < -0.39 is 0 Å². The molecule has 0 spiro atoms. The molecular formula is C20H14N6O. The van der Waals surface area contributed by atoms with Crippen LogP contribution in [0.2, 0.25) is 0 Å². The first kappa shape index (κ1) is 16.4. The summed E-state index contributed by atoms with van der Waals surface area (Å²) in [6.45, 7) is 0. The van der Waals surface area contributed by atoms with Crippen LogP contribution < -0.4 is 5.32 Å². The highest BCUT2D eigenvalue weighted by Crippen LogP contribution is 2.25. The standard InChI is InChI=1S/C20H14N6O/c21-26-25-16-10-11-17-18(12-16)24-19(23-17)13-6-8-15(9-7-13)22-20(27)14-4-2-1-3-5-14/h1-12H,(H,22,27)(H,23,24). The van der Waals surface area contributed by atoms with Crippen molar-refractivity contribution in [2.24, 2.45) is 5.11 Å². The molecule has 0 aliphatic rings. The Morgan fingerprint density at radius 1 is 1.04 bits per heavy atom. The molecule has 0 aliphatic carbocycles. The highest BCUT2D eigenvalue weighted by Gasteiger charge is 2.08. The average molecular weight is 354 g/mol. The minimum Gasteiger partial charge on any atom is -0.338 e. The summed E-state index contributed by atoms with van der Waals surface area (Å²) in [4.78, 5) is 22.8. The fourth-order valence-electron chi connectivity index (χ4n) is 2.75. The third-order valence-electron chi connectivity index (χ3n) is 4.08. The molecule has 0 aliphatic heterocycles. The highest BCUT2D eigenvalue weighted by atomic mass is 16.1. The SMILES string of the molecule is [N-]=[N+]=Nc1ccc2nc(-c3ccc(NC(=O)c4ccccc4)cc3)[nH]c2c1. The quantitative estimate of drug-likeness (QED) is 0.290. The van der Waals surface area contributed by atoms with Gasteiger partial charge in [-0.2, -0.15) is 0 Å². The first-order valence-electron chi connectivity index (χ1n) is 8.25. The molecule has 3 aromatic carbocycles. The molecule has 0 bridgehead atoms. The smallest absolute Gasteiger partial charge is 0.255 e. The van der Waals surface area contributed by atoms with Gasteiger partial charge in [0.15, 0.2) is 0 Å². The molecule has 0 saturated carbocycles. The van der Waals surface area contributed by atoms with Crippen LogP contribution in [0.15, 0.2) is 77.9 Å². The van der Waals surface area contributed by atoms with Gasteiger partial charge in [-0.1, -0.05) is 29.4 Å². The zero-order chi connectivity index (χ0) is 18.6. The molecule has 1 aromatic heterocycles. The summed E-state index contributed by atoms with van der Waals surface area (Å²) in [5, 5.41) is 6.46. The molecule has 0 atom stereocenters. The number of anilines is 1. The van der Waals surface area contributed by atoms with Crippen molar-refractivity contribution in [3.05, 3.63) is 88.8 Å². The molecule has 27 heavy (non-hydrogen) atoms. The molecule has 130 valence electrons. The number of aromatic amines is 1. The third kappa shape index (κ3) is 3.49. The predicted molar refractivity (Wildman–Crippen MR) is 105 cm³/mol. The number of azide groups is 1. The van der Waals surface area contributed by atoms with Crippen molar-refractivity contribution < 1.29 is 4.79 Å². The van der Waals surface area contributed by atoms with Crippen molar-refractivity contribution in [2.45, 2.75) is 0 Å². The summed E-state index contributed by atoms with van der Waals surface area (Å²) >= 11 is 0. The minimum atomic E-state index is -0.155. The van der Waals surface area contributed by atoms with E-state index in [1.807, 2.05) is 42.5 Å². The van der Waals surface area contributed by atoms with Gasteiger partial charge in [0.1, 0.15) is 5.82 Å². The summed E-state index contributed by atoms with van der Waals surface area (Å²) in [5.41, 5.74) is 12.8. The summed E-state index contributed by atoms with van der Waals surface area (Å²) in [5.74, 6) is 0.543. The number of hydrogen-bond donors (Lipinski definition) is 2. The van der Waals surface area contributed by atoms with Crippen LogP contribution in [0.3, 0.4) is 0 Å². The van der Waals surface area contributed by atoms with Crippen molar-refractivity contribution in [1.82, 2.24) is 9.97 Å². The predicted octanol–water partition coefficient (Wildman–Crippen LogP) is 5.42. The molecule has 4 rings (SSSR count). The fourth-order valence-corrected chi connectivity index (χ4v) is 2.75. The maximum absolute atomic E-state index is 12.2. The Bertz CT molecular complexity index is 1160. The van der Waals surface area contributed by atoms with Crippen molar-refractivity contribution in [3.8, 4) is 11.4 Å². The number of hydrogen-bond acceptors (Lipinski definition) is 3. The lowest BCUT2D eigenvalue weighted by molar-refractivity contribution is 0.102. The van der Waals surface area contributed by atoms with E-state index >= 15 is 0 Å². The van der Waals surface area contributed by atoms with Crippen LogP contribution in [-0.4, -0.2) is 15.9 Å². The number of aromatic nitrogens is 2. The number of imidazole rings is 1. The van der Waals surface area contributed by atoms with E-state index in [2.05, 4.69) is 25.3 Å². The monoisotopic (exact) mass is 354 g/mol. The Morgan fingerprint density at radius 2 is 1.81 bits per heavy atom. The number of H-pyrrole nitrogens is 1. The van der Waals surface area contributed by atoms with Gasteiger partial charge in [0.05, 0.1) is 11.0 Å². The van der Waals surface area contributed by atoms with E-state index in [9.17, 15) is 4.79 Å². The minimum absolute atomic E-state index is 0.155. The molecule has 2 N–H and O–H groups in total. The van der Waals surface area contributed by atoms with Crippen LogP contribution in [0.25, 0.3) is 32.9 Å². The van der Waals surface area contributed by atoms with Crippen LogP contribution in [0.1, 0.15) is 10.4 Å². The molecule has 4 aromatic rings. The van der Waals surface area contributed by atoms with Gasteiger partial charge in [-0.15, -0.1) is 0 Å². The number of carbonyl (C=O) groups is 1. The molecule has 0 radical (unpaired) electrons. The van der Waals surface area contributed by atoms with Crippen molar-refractivity contribution in [2.75, 3.05) is 5.32 Å². The first-order valence-corrected chi connectivity index (χ1v) is 8.25. The molecule has 0 saturated heterocycles. The van der Waals surface area contributed by atoms with E-state index in [4.69, 9.17) is 5.53 Å². The lowest BCUT2D eigenvalue weighted by Gasteiger charge is -2.05. The maximum atomic E-state index is 12.2. The second-order valence-corrected chi connectivity index (χ2v) is 5.87. The van der Waals surface area contributed by atoms with Gasteiger partial charge in [0.25, 0.3) is 5.91 Å². The molecule has 0 unspecified atom stereocenters. The molecule has 1 heterocycles. The second-order valence-electron chi connectivity index (χ2n) is 5.87. The lowest BCUT2D eigenvalue weighted by atomic mass is 10.1. The molecule has 0 fully saturated rings. The first-order chi connectivity index (χ1) is 13.2. The number of fused-ring (bicyclic) bond motifs is 1. The van der Waals surface area contributed by atoms with E-state index in [0.717, 1.165) is 16.6 Å². The Kier molecular flexibility index (Phi) is 4.27. The molecule has 1 amide bonds. The summed E-state index contributed by atoms with van der Waals surface area (Å²) in [7, 11) is 0. The fraction of sp³-hybridized carbons (Fsp3) is 0. The van der Waals surface area contributed by atoms with E-state index in [-0.39, 0.29) is 5.91 Å². The Labute approximate surface area is 154 Å². The van der Waals surface area contributed by atoms with Crippen LogP contribution in [0.4, 0.5) is 11.4 Å². The Hall–Kier alpha value is -4.09. The molecular weight excluding hydrogens is 340 g/mol. The van der Waals surface area contributed by atoms with Gasteiger partial charge in [-0.25, -0.2) is 4.98 Å². The highest BCUT2D eigenvalue weighted by molar-refractivity contribution is 6.04. The van der Waals surface area contributed by atoms with Gasteiger partial charge in [-0.3, -0.25) is 4.79 Å². The number of nitrogens with zero attached hydrogens (tertiary/aromatic N) is 4. The van der Waals surface area contributed by atoms with Gasteiger partial charge >= 0.3 is 0 Å². The number of amides is 1. The zero-order valence-corrected chi connectivity index (χ0v) is 14.1. The largest absolute Gasteiger partial charge is 0.338 e. The van der Waals surface area contributed by atoms with Crippen molar-refractivity contribution >= 4 is 28.3 Å². The van der Waals surface area contributed by atoms with Gasteiger partial charge in [-0.05, 0) is 54.1 Å². The van der Waals surface area contributed by atoms with E-state index in [0.29, 0.717) is 22.8 Å². The van der Waals surface area contributed by atoms with Gasteiger partial charge in [0.2, 0.25) is 0 Å². The number of rotatable bonds is 4. The van der Waals surface area contributed by atoms with Crippen molar-refractivity contribution in [3.63, 3.8) is 0 Å². The second kappa shape index (κ2) is 7.03. The Morgan fingerprint density at radius 3 is 2.56 bits per heavy atom. The van der Waals surface area contributed by atoms with Crippen LogP contribution >= 0.6 is 0 Å². The van der Waals surface area contributed by atoms with Crippen LogP contribution in [0.5, 0.6) is 0 Å². The van der Waals surface area contributed by atoms with Crippen LogP contribution in [-0.2, 0) is 0 Å². The van der Waals surface area contributed by atoms with Gasteiger partial charge in [0, 0.05) is 27.4 Å². The van der Waals surface area contributed by atoms with E-state index in [1.54, 1.807) is 30.3 Å². The molecule has 7 nitrogen and oxygen atoms in total. The van der Waals surface area contributed by atoms with E-state index in [1.165, 1.54) is 0 Å². The maximum Gasteiger partial charge on any atom is 0.255 e.